The Labute approximate surface area is 164 Å². The molecule has 2 amide bonds. The van der Waals surface area contributed by atoms with Crippen molar-refractivity contribution in [3.8, 4) is 0 Å². The Morgan fingerprint density at radius 1 is 0.926 bits per heavy atom. The van der Waals surface area contributed by atoms with Crippen LogP contribution in [0.4, 0.5) is 0 Å². The zero-order valence-corrected chi connectivity index (χ0v) is 17.7. The minimum Gasteiger partial charge on any atom is -0.343 e. The van der Waals surface area contributed by atoms with Crippen LogP contribution in [0.2, 0.25) is 0 Å². The van der Waals surface area contributed by atoms with Gasteiger partial charge in [-0.15, -0.1) is 0 Å². The molecule has 0 bridgehead atoms. The maximum atomic E-state index is 12.9. The van der Waals surface area contributed by atoms with Gasteiger partial charge in [0.1, 0.15) is 0 Å². The Balaban J connectivity index is 1.50. The molecule has 0 aromatic carbocycles. The van der Waals surface area contributed by atoms with Crippen molar-refractivity contribution >= 4 is 11.8 Å². The highest BCUT2D eigenvalue weighted by molar-refractivity contribution is 5.80. The van der Waals surface area contributed by atoms with Crippen LogP contribution >= 0.6 is 0 Å². The van der Waals surface area contributed by atoms with E-state index in [-0.39, 0.29) is 11.8 Å². The average molecular weight is 379 g/mol. The maximum Gasteiger partial charge on any atom is 0.225 e. The summed E-state index contributed by atoms with van der Waals surface area (Å²) in [6.45, 7) is 13.0. The van der Waals surface area contributed by atoms with E-state index >= 15 is 0 Å². The third kappa shape index (κ3) is 5.02. The Morgan fingerprint density at radius 2 is 1.52 bits per heavy atom. The molecule has 0 saturated carbocycles. The largest absolute Gasteiger partial charge is 0.343 e. The lowest BCUT2D eigenvalue weighted by molar-refractivity contribution is -0.147. The van der Waals surface area contributed by atoms with Crippen LogP contribution in [0.25, 0.3) is 0 Å². The number of rotatable bonds is 5. The Kier molecular flexibility index (Phi) is 6.79. The van der Waals surface area contributed by atoms with Gasteiger partial charge in [0.15, 0.2) is 0 Å². The lowest BCUT2D eigenvalue weighted by Crippen LogP contribution is -2.65. The summed E-state index contributed by atoms with van der Waals surface area (Å²) in [6.07, 6.45) is 4.14. The van der Waals surface area contributed by atoms with Crippen LogP contribution in [0.1, 0.15) is 46.5 Å². The molecular formula is C21H38N4O2. The van der Waals surface area contributed by atoms with Crippen LogP contribution in [0.3, 0.4) is 0 Å². The van der Waals surface area contributed by atoms with E-state index in [1.165, 1.54) is 25.9 Å². The van der Waals surface area contributed by atoms with E-state index in [4.69, 9.17) is 0 Å². The minimum absolute atomic E-state index is 0.114. The van der Waals surface area contributed by atoms with Crippen molar-refractivity contribution in [1.29, 1.82) is 0 Å². The number of nitrogens with zero attached hydrogens (tertiary/aromatic N) is 4. The summed E-state index contributed by atoms with van der Waals surface area (Å²) in [4.78, 5) is 33.4. The maximum absolute atomic E-state index is 12.9. The molecule has 0 aromatic rings. The Hall–Kier alpha value is -1.14. The van der Waals surface area contributed by atoms with Crippen LogP contribution in [0.15, 0.2) is 0 Å². The van der Waals surface area contributed by atoms with Crippen molar-refractivity contribution in [2.45, 2.75) is 58.5 Å². The molecule has 0 unspecified atom stereocenters. The fourth-order valence-corrected chi connectivity index (χ4v) is 4.89. The lowest BCUT2D eigenvalue weighted by atomic mass is 9.91. The Bertz CT molecular complexity index is 516. The van der Waals surface area contributed by atoms with Gasteiger partial charge < -0.3 is 14.7 Å². The molecule has 0 spiro atoms. The first kappa shape index (κ1) is 20.6. The van der Waals surface area contributed by atoms with E-state index in [1.807, 2.05) is 4.90 Å². The van der Waals surface area contributed by atoms with Gasteiger partial charge in [0.2, 0.25) is 11.8 Å². The normalized spacial score (nSPS) is 23.9. The summed E-state index contributed by atoms with van der Waals surface area (Å²) in [5.41, 5.74) is 0. The van der Waals surface area contributed by atoms with Crippen molar-refractivity contribution in [2.24, 2.45) is 11.8 Å². The zero-order chi connectivity index (χ0) is 19.6. The second-order valence-corrected chi connectivity index (χ2v) is 9.30. The molecule has 6 nitrogen and oxygen atoms in total. The number of hydrogen-bond acceptors (Lipinski definition) is 4. The second kappa shape index (κ2) is 8.91. The van der Waals surface area contributed by atoms with E-state index in [0.717, 1.165) is 45.6 Å². The number of carbonyl (C=O) groups is 2. The van der Waals surface area contributed by atoms with Crippen molar-refractivity contribution < 1.29 is 9.59 Å². The first-order valence-corrected chi connectivity index (χ1v) is 10.8. The van der Waals surface area contributed by atoms with Gasteiger partial charge in [0, 0.05) is 57.6 Å². The minimum atomic E-state index is 0.114. The van der Waals surface area contributed by atoms with Crippen molar-refractivity contribution in [3.63, 3.8) is 0 Å². The molecule has 0 radical (unpaired) electrons. The van der Waals surface area contributed by atoms with Gasteiger partial charge >= 0.3 is 0 Å². The molecule has 6 heteroatoms. The van der Waals surface area contributed by atoms with Crippen LogP contribution in [-0.2, 0) is 9.59 Å². The van der Waals surface area contributed by atoms with E-state index in [9.17, 15) is 9.59 Å². The molecule has 0 atom stereocenters. The lowest BCUT2D eigenvalue weighted by Gasteiger charge is -2.51. The molecule has 27 heavy (non-hydrogen) atoms. The summed E-state index contributed by atoms with van der Waals surface area (Å²) in [7, 11) is 2.21. The van der Waals surface area contributed by atoms with E-state index in [0.29, 0.717) is 23.9 Å². The molecule has 0 aromatic heterocycles. The summed E-state index contributed by atoms with van der Waals surface area (Å²) < 4.78 is 0. The third-order valence-electron chi connectivity index (χ3n) is 6.67. The monoisotopic (exact) mass is 378 g/mol. The number of carbonyl (C=O) groups excluding carboxylic acids is 2. The van der Waals surface area contributed by atoms with Gasteiger partial charge in [-0.1, -0.05) is 13.8 Å². The predicted molar refractivity (Wildman–Crippen MR) is 107 cm³/mol. The fraction of sp³-hybridized carbons (Fsp3) is 0.905. The first-order valence-electron chi connectivity index (χ1n) is 10.8. The molecule has 154 valence electrons. The van der Waals surface area contributed by atoms with Crippen molar-refractivity contribution in [1.82, 2.24) is 19.6 Å². The van der Waals surface area contributed by atoms with E-state index in [1.54, 1.807) is 6.92 Å². The number of likely N-dealkylation sites (tertiary alicyclic amines) is 3. The molecule has 3 aliphatic heterocycles. The average Bonchev–Trinajstić information content (AvgIpc) is 2.60. The highest BCUT2D eigenvalue weighted by Gasteiger charge is 2.40. The summed E-state index contributed by atoms with van der Waals surface area (Å²) in [6, 6.07) is 1.20. The van der Waals surface area contributed by atoms with Gasteiger partial charge in [-0.2, -0.15) is 0 Å². The fourth-order valence-electron chi connectivity index (χ4n) is 4.89. The number of piperidine rings is 2. The summed E-state index contributed by atoms with van der Waals surface area (Å²) >= 11 is 0. The van der Waals surface area contributed by atoms with Crippen molar-refractivity contribution in [2.75, 3.05) is 52.9 Å². The highest BCUT2D eigenvalue weighted by Crippen LogP contribution is 2.28. The summed E-state index contributed by atoms with van der Waals surface area (Å²) in [5, 5.41) is 0. The SMILES string of the molecule is CC(=O)N1CCC(C(=O)N2CC(N(CC(C)C)C3CCN(C)CC3)C2)CC1. The smallest absolute Gasteiger partial charge is 0.225 e. The number of amides is 2. The van der Waals surface area contributed by atoms with Crippen LogP contribution < -0.4 is 0 Å². The second-order valence-electron chi connectivity index (χ2n) is 9.30. The molecule has 3 rings (SSSR count). The van der Waals surface area contributed by atoms with Crippen LogP contribution in [0.5, 0.6) is 0 Å². The predicted octanol–water partition coefficient (Wildman–Crippen LogP) is 1.51. The van der Waals surface area contributed by atoms with Gasteiger partial charge in [0.05, 0.1) is 0 Å². The molecule has 0 N–H and O–H groups in total. The highest BCUT2D eigenvalue weighted by atomic mass is 16.2. The van der Waals surface area contributed by atoms with Crippen LogP contribution in [0, 0.1) is 11.8 Å². The van der Waals surface area contributed by atoms with Crippen molar-refractivity contribution in [3.05, 3.63) is 0 Å². The third-order valence-corrected chi connectivity index (χ3v) is 6.67. The van der Waals surface area contributed by atoms with Crippen LogP contribution in [-0.4, -0.2) is 96.4 Å². The van der Waals surface area contributed by atoms with Gasteiger partial charge in [-0.25, -0.2) is 0 Å². The van der Waals surface area contributed by atoms with E-state index < -0.39 is 0 Å². The topological polar surface area (TPSA) is 47.1 Å². The number of hydrogen-bond donors (Lipinski definition) is 0. The molecular weight excluding hydrogens is 340 g/mol. The van der Waals surface area contributed by atoms with Gasteiger partial charge in [-0.3, -0.25) is 14.5 Å². The van der Waals surface area contributed by atoms with Gasteiger partial charge in [0.25, 0.3) is 0 Å². The Morgan fingerprint density at radius 3 is 2.04 bits per heavy atom. The molecule has 3 fully saturated rings. The zero-order valence-electron chi connectivity index (χ0n) is 17.7. The quantitative estimate of drug-likeness (QED) is 0.728. The first-order chi connectivity index (χ1) is 12.8. The molecule has 3 aliphatic rings. The molecule has 3 saturated heterocycles. The molecule has 0 aliphatic carbocycles. The van der Waals surface area contributed by atoms with Gasteiger partial charge in [-0.05, 0) is 51.7 Å². The molecule has 3 heterocycles. The summed E-state index contributed by atoms with van der Waals surface area (Å²) in [5.74, 6) is 1.23. The van der Waals surface area contributed by atoms with E-state index in [2.05, 4.69) is 35.6 Å². The standard InChI is InChI=1S/C21H38N4O2/c1-16(2)13-25(19-7-9-22(4)10-8-19)20-14-24(15-20)21(27)18-5-11-23(12-6-18)17(3)26/h16,18-20H,5-15H2,1-4H3.